The maximum absolute atomic E-state index is 11.3. The molecular formula is C16H15NO. The third kappa shape index (κ3) is 1.80. The summed E-state index contributed by atoms with van der Waals surface area (Å²) in [5.74, 6) is 0. The van der Waals surface area contributed by atoms with Gasteiger partial charge in [-0.3, -0.25) is 4.79 Å². The minimum atomic E-state index is 0.0636. The largest absolute Gasteiger partial charge is 0.334 e. The molecule has 0 radical (unpaired) electrons. The van der Waals surface area contributed by atoms with Gasteiger partial charge in [0.05, 0.1) is 6.04 Å². The molecule has 0 aliphatic carbocycles. The van der Waals surface area contributed by atoms with Crippen molar-refractivity contribution in [3.05, 3.63) is 71.3 Å². The van der Waals surface area contributed by atoms with E-state index in [0.717, 1.165) is 19.4 Å². The highest BCUT2D eigenvalue weighted by molar-refractivity contribution is 5.54. The number of hydrogen-bond donors (Lipinski definition) is 0. The van der Waals surface area contributed by atoms with Crippen LogP contribution in [0.5, 0.6) is 0 Å². The van der Waals surface area contributed by atoms with Gasteiger partial charge in [0.25, 0.3) is 0 Å². The standard InChI is InChI=1S/C16H15NO/c18-12-17-11-10-13-6-4-5-9-15(13)16(17)14-7-2-1-3-8-14/h1-9,12,16H,10-11H2/t16-/m0/s1. The average molecular weight is 237 g/mol. The Hall–Kier alpha value is -2.09. The summed E-state index contributed by atoms with van der Waals surface area (Å²) in [6.45, 7) is 0.792. The molecule has 0 saturated carbocycles. The first kappa shape index (κ1) is 11.0. The van der Waals surface area contributed by atoms with Gasteiger partial charge in [-0.25, -0.2) is 0 Å². The highest BCUT2D eigenvalue weighted by Crippen LogP contribution is 2.33. The van der Waals surface area contributed by atoms with E-state index in [1.807, 2.05) is 29.2 Å². The Kier molecular flexibility index (Phi) is 2.85. The highest BCUT2D eigenvalue weighted by atomic mass is 16.1. The number of amides is 1. The lowest BCUT2D eigenvalue weighted by molar-refractivity contribution is -0.119. The van der Waals surface area contributed by atoms with Gasteiger partial charge in [-0.15, -0.1) is 0 Å². The Labute approximate surface area is 107 Å². The number of fused-ring (bicyclic) bond motifs is 1. The van der Waals surface area contributed by atoms with E-state index in [9.17, 15) is 4.79 Å². The Morgan fingerprint density at radius 2 is 1.72 bits per heavy atom. The normalized spacial score (nSPS) is 18.2. The minimum Gasteiger partial charge on any atom is -0.334 e. The zero-order valence-electron chi connectivity index (χ0n) is 10.1. The zero-order chi connectivity index (χ0) is 12.4. The maximum Gasteiger partial charge on any atom is 0.210 e. The molecule has 0 N–H and O–H groups in total. The van der Waals surface area contributed by atoms with Crippen molar-refractivity contribution in [2.45, 2.75) is 12.5 Å². The molecule has 2 nitrogen and oxygen atoms in total. The molecule has 0 fully saturated rings. The molecule has 0 unspecified atom stereocenters. The molecule has 2 heteroatoms. The van der Waals surface area contributed by atoms with Gasteiger partial charge >= 0.3 is 0 Å². The van der Waals surface area contributed by atoms with Crippen molar-refractivity contribution >= 4 is 6.41 Å². The van der Waals surface area contributed by atoms with E-state index in [4.69, 9.17) is 0 Å². The lowest BCUT2D eigenvalue weighted by atomic mass is 9.89. The molecule has 2 aromatic rings. The van der Waals surface area contributed by atoms with Crippen molar-refractivity contribution in [2.24, 2.45) is 0 Å². The molecule has 2 aromatic carbocycles. The first-order valence-corrected chi connectivity index (χ1v) is 6.24. The van der Waals surface area contributed by atoms with E-state index >= 15 is 0 Å². The average Bonchev–Trinajstić information content (AvgIpc) is 2.47. The molecule has 1 amide bonds. The second kappa shape index (κ2) is 4.65. The quantitative estimate of drug-likeness (QED) is 0.735. The Bertz CT molecular complexity index is 550. The molecule has 1 aliphatic rings. The Morgan fingerprint density at radius 1 is 1.00 bits per heavy atom. The fraction of sp³-hybridized carbons (Fsp3) is 0.188. The molecule has 0 saturated heterocycles. The number of carbonyl (C=O) groups is 1. The van der Waals surface area contributed by atoms with Gasteiger partial charge in [-0.05, 0) is 23.1 Å². The van der Waals surface area contributed by atoms with Crippen molar-refractivity contribution in [1.29, 1.82) is 0 Å². The molecule has 3 rings (SSSR count). The summed E-state index contributed by atoms with van der Waals surface area (Å²) in [7, 11) is 0. The maximum atomic E-state index is 11.3. The summed E-state index contributed by atoms with van der Waals surface area (Å²) in [6.07, 6.45) is 1.91. The van der Waals surface area contributed by atoms with Crippen LogP contribution in [0, 0.1) is 0 Å². The highest BCUT2D eigenvalue weighted by Gasteiger charge is 2.26. The van der Waals surface area contributed by atoms with Gasteiger partial charge in [0, 0.05) is 6.54 Å². The van der Waals surface area contributed by atoms with E-state index in [0.29, 0.717) is 0 Å². The van der Waals surface area contributed by atoms with Crippen LogP contribution in [0.15, 0.2) is 54.6 Å². The van der Waals surface area contributed by atoms with Gasteiger partial charge in [0.2, 0.25) is 6.41 Å². The van der Waals surface area contributed by atoms with Gasteiger partial charge in [0.1, 0.15) is 0 Å². The van der Waals surface area contributed by atoms with Crippen molar-refractivity contribution in [3.8, 4) is 0 Å². The first-order valence-electron chi connectivity index (χ1n) is 6.24. The van der Waals surface area contributed by atoms with Crippen LogP contribution in [0.2, 0.25) is 0 Å². The summed E-state index contributed by atoms with van der Waals surface area (Å²) < 4.78 is 0. The van der Waals surface area contributed by atoms with Crippen LogP contribution in [0.3, 0.4) is 0 Å². The summed E-state index contributed by atoms with van der Waals surface area (Å²) in [4.78, 5) is 13.2. The number of hydrogen-bond acceptors (Lipinski definition) is 1. The van der Waals surface area contributed by atoms with Crippen molar-refractivity contribution in [3.63, 3.8) is 0 Å². The predicted octanol–water partition coefficient (Wildman–Crippen LogP) is 2.79. The van der Waals surface area contributed by atoms with Crippen LogP contribution in [0.1, 0.15) is 22.7 Å². The van der Waals surface area contributed by atoms with Crippen molar-refractivity contribution < 1.29 is 4.79 Å². The summed E-state index contributed by atoms with van der Waals surface area (Å²) in [6, 6.07) is 18.7. The first-order chi connectivity index (χ1) is 8.90. The third-order valence-corrected chi connectivity index (χ3v) is 3.57. The molecule has 90 valence electrons. The topological polar surface area (TPSA) is 20.3 Å². The monoisotopic (exact) mass is 237 g/mol. The molecule has 0 spiro atoms. The summed E-state index contributed by atoms with van der Waals surface area (Å²) in [5, 5.41) is 0. The third-order valence-electron chi connectivity index (χ3n) is 3.57. The fourth-order valence-electron chi connectivity index (χ4n) is 2.71. The second-order valence-corrected chi connectivity index (χ2v) is 4.61. The predicted molar refractivity (Wildman–Crippen MR) is 71.2 cm³/mol. The summed E-state index contributed by atoms with van der Waals surface area (Å²) >= 11 is 0. The SMILES string of the molecule is O=CN1CCc2ccccc2[C@@H]1c1ccccc1. The van der Waals surface area contributed by atoms with Crippen molar-refractivity contribution in [1.82, 2.24) is 4.90 Å². The van der Waals surface area contributed by atoms with Crippen LogP contribution in [-0.2, 0) is 11.2 Å². The number of benzene rings is 2. The molecule has 0 bridgehead atoms. The van der Waals surface area contributed by atoms with E-state index in [1.165, 1.54) is 16.7 Å². The molecule has 1 heterocycles. The van der Waals surface area contributed by atoms with E-state index in [2.05, 4.69) is 30.3 Å². The number of nitrogens with zero attached hydrogens (tertiary/aromatic N) is 1. The van der Waals surface area contributed by atoms with Crippen LogP contribution in [0.4, 0.5) is 0 Å². The smallest absolute Gasteiger partial charge is 0.210 e. The number of carbonyl (C=O) groups excluding carboxylic acids is 1. The van der Waals surface area contributed by atoms with Crippen LogP contribution in [-0.4, -0.2) is 17.9 Å². The van der Waals surface area contributed by atoms with E-state index in [1.54, 1.807) is 0 Å². The van der Waals surface area contributed by atoms with Gasteiger partial charge in [0.15, 0.2) is 0 Å². The fourth-order valence-corrected chi connectivity index (χ4v) is 2.71. The molecule has 1 atom stereocenters. The van der Waals surface area contributed by atoms with Gasteiger partial charge in [-0.2, -0.15) is 0 Å². The lowest BCUT2D eigenvalue weighted by Gasteiger charge is -2.35. The Morgan fingerprint density at radius 3 is 2.50 bits per heavy atom. The molecular weight excluding hydrogens is 222 g/mol. The van der Waals surface area contributed by atoms with E-state index < -0.39 is 0 Å². The van der Waals surface area contributed by atoms with E-state index in [-0.39, 0.29) is 6.04 Å². The zero-order valence-corrected chi connectivity index (χ0v) is 10.1. The van der Waals surface area contributed by atoms with Crippen molar-refractivity contribution in [2.75, 3.05) is 6.54 Å². The minimum absolute atomic E-state index is 0.0636. The molecule has 1 aliphatic heterocycles. The lowest BCUT2D eigenvalue weighted by Crippen LogP contribution is -2.34. The molecule has 18 heavy (non-hydrogen) atoms. The molecule has 0 aromatic heterocycles. The number of rotatable bonds is 2. The second-order valence-electron chi connectivity index (χ2n) is 4.61. The Balaban J connectivity index is 2.12. The van der Waals surface area contributed by atoms with Crippen LogP contribution < -0.4 is 0 Å². The summed E-state index contributed by atoms with van der Waals surface area (Å²) in [5.41, 5.74) is 3.78. The van der Waals surface area contributed by atoms with Gasteiger partial charge < -0.3 is 4.90 Å². The van der Waals surface area contributed by atoms with Gasteiger partial charge in [-0.1, -0.05) is 54.6 Å². The van der Waals surface area contributed by atoms with Crippen LogP contribution in [0.25, 0.3) is 0 Å². The van der Waals surface area contributed by atoms with Crippen LogP contribution >= 0.6 is 0 Å².